The van der Waals surface area contributed by atoms with E-state index in [9.17, 15) is 13.2 Å². The predicted octanol–water partition coefficient (Wildman–Crippen LogP) is 6.71. The molecule has 1 saturated carbocycles. The zero-order valence-corrected chi connectivity index (χ0v) is 29.3. The molecule has 2 heterocycles. The van der Waals surface area contributed by atoms with Gasteiger partial charge in [0.05, 0.1) is 16.6 Å². The Morgan fingerprint density at radius 2 is 1.72 bits per heavy atom. The SMILES string of the molecule is Cc1cccc(C)c1-c1cc2nc(n1)NS(=O)(=O)c1cccc(c1)C(=O)N(C1CC(N(C)CCC(C)(C)C)C1)[C@H](CC(C)C)CO2. The van der Waals surface area contributed by atoms with E-state index in [4.69, 9.17) is 4.74 Å². The summed E-state index contributed by atoms with van der Waals surface area (Å²) in [6.07, 6.45) is 3.53. The molecule has 9 nitrogen and oxygen atoms in total. The van der Waals surface area contributed by atoms with Crippen molar-refractivity contribution in [3.8, 4) is 17.1 Å². The van der Waals surface area contributed by atoms with Crippen molar-refractivity contribution in [2.24, 2.45) is 11.3 Å². The summed E-state index contributed by atoms with van der Waals surface area (Å²) in [6.45, 7) is 16.3. The number of ether oxygens (including phenoxy) is 1. The number of hydrogen-bond acceptors (Lipinski definition) is 7. The average Bonchev–Trinajstić information content (AvgIpc) is 2.94. The van der Waals surface area contributed by atoms with Crippen LogP contribution in [0.1, 0.15) is 81.8 Å². The number of amides is 1. The largest absolute Gasteiger partial charge is 0.475 e. The first-order valence-corrected chi connectivity index (χ1v) is 17.8. The Kier molecular flexibility index (Phi) is 9.80. The van der Waals surface area contributed by atoms with Gasteiger partial charge in [0.2, 0.25) is 11.8 Å². The second kappa shape index (κ2) is 13.3. The Bertz CT molecular complexity index is 1660. The first kappa shape index (κ1) is 33.9. The molecular weight excluding hydrogens is 598 g/mol. The van der Waals surface area contributed by atoms with E-state index in [0.29, 0.717) is 23.2 Å². The van der Waals surface area contributed by atoms with E-state index in [0.717, 1.165) is 48.9 Å². The van der Waals surface area contributed by atoms with Gasteiger partial charge in [0.1, 0.15) is 6.61 Å². The van der Waals surface area contributed by atoms with E-state index < -0.39 is 10.0 Å². The Balaban J connectivity index is 1.55. The summed E-state index contributed by atoms with van der Waals surface area (Å²) in [5.41, 5.74) is 4.06. The molecule has 10 heteroatoms. The van der Waals surface area contributed by atoms with Crippen molar-refractivity contribution in [2.75, 3.05) is 24.9 Å². The molecule has 1 aliphatic heterocycles. The summed E-state index contributed by atoms with van der Waals surface area (Å²) in [6, 6.07) is 14.2. The molecule has 1 fully saturated rings. The van der Waals surface area contributed by atoms with Gasteiger partial charge < -0.3 is 14.5 Å². The minimum Gasteiger partial charge on any atom is -0.475 e. The molecule has 5 rings (SSSR count). The van der Waals surface area contributed by atoms with E-state index in [2.05, 4.69) is 61.3 Å². The number of carbonyl (C=O) groups is 1. The fourth-order valence-electron chi connectivity index (χ4n) is 6.47. The summed E-state index contributed by atoms with van der Waals surface area (Å²) in [4.78, 5) is 27.9. The van der Waals surface area contributed by atoms with Crippen LogP contribution in [0.5, 0.6) is 5.88 Å². The first-order chi connectivity index (χ1) is 21.6. The maximum absolute atomic E-state index is 14.4. The lowest BCUT2D eigenvalue weighted by Crippen LogP contribution is -2.59. The van der Waals surface area contributed by atoms with Crippen molar-refractivity contribution in [3.05, 3.63) is 65.2 Å². The molecule has 2 aromatic carbocycles. The van der Waals surface area contributed by atoms with Crippen molar-refractivity contribution in [1.82, 2.24) is 19.8 Å². The van der Waals surface area contributed by atoms with Gasteiger partial charge in [-0.25, -0.2) is 18.1 Å². The van der Waals surface area contributed by atoms with Gasteiger partial charge in [0.25, 0.3) is 15.9 Å². The molecule has 0 unspecified atom stereocenters. The molecule has 4 bridgehead atoms. The van der Waals surface area contributed by atoms with Crippen LogP contribution < -0.4 is 9.46 Å². The summed E-state index contributed by atoms with van der Waals surface area (Å²) in [5.74, 6) is 0.291. The number of aromatic nitrogens is 2. The molecule has 1 aromatic heterocycles. The maximum Gasteiger partial charge on any atom is 0.264 e. The fraction of sp³-hybridized carbons (Fsp3) is 0.528. The molecule has 1 N–H and O–H groups in total. The molecule has 1 aliphatic carbocycles. The van der Waals surface area contributed by atoms with Crippen LogP contribution in [0.15, 0.2) is 53.4 Å². The lowest BCUT2D eigenvalue weighted by molar-refractivity contribution is 0.00116. The molecule has 46 heavy (non-hydrogen) atoms. The Morgan fingerprint density at radius 3 is 2.37 bits per heavy atom. The van der Waals surface area contributed by atoms with Crippen LogP contribution in [0.3, 0.4) is 0 Å². The van der Waals surface area contributed by atoms with Crippen LogP contribution in [0.4, 0.5) is 5.95 Å². The minimum absolute atomic E-state index is 0.0107. The summed E-state index contributed by atoms with van der Waals surface area (Å²) in [7, 11) is -1.94. The average molecular weight is 648 g/mol. The highest BCUT2D eigenvalue weighted by Gasteiger charge is 2.42. The number of nitrogens with zero attached hydrogens (tertiary/aromatic N) is 4. The minimum atomic E-state index is -4.11. The monoisotopic (exact) mass is 647 g/mol. The van der Waals surface area contributed by atoms with E-state index in [1.165, 1.54) is 12.1 Å². The number of sulfonamides is 1. The number of hydrogen-bond donors (Lipinski definition) is 1. The third-order valence-electron chi connectivity index (χ3n) is 9.17. The van der Waals surface area contributed by atoms with Gasteiger partial charge in [0, 0.05) is 29.3 Å². The van der Waals surface area contributed by atoms with Crippen LogP contribution in [0, 0.1) is 25.2 Å². The van der Waals surface area contributed by atoms with Gasteiger partial charge in [-0.15, -0.1) is 0 Å². The topological polar surface area (TPSA) is 105 Å². The predicted molar refractivity (Wildman–Crippen MR) is 183 cm³/mol. The quantitative estimate of drug-likeness (QED) is 0.304. The van der Waals surface area contributed by atoms with Gasteiger partial charge in [-0.1, -0.05) is 58.9 Å². The highest BCUT2D eigenvalue weighted by molar-refractivity contribution is 7.92. The molecule has 2 aliphatic rings. The highest BCUT2D eigenvalue weighted by Crippen LogP contribution is 2.35. The van der Waals surface area contributed by atoms with Gasteiger partial charge in [0.15, 0.2) is 0 Å². The first-order valence-electron chi connectivity index (χ1n) is 16.4. The van der Waals surface area contributed by atoms with Crippen LogP contribution in [-0.4, -0.2) is 72.4 Å². The third-order valence-corrected chi connectivity index (χ3v) is 10.5. The second-order valence-electron chi connectivity index (χ2n) is 14.7. The van der Waals surface area contributed by atoms with Gasteiger partial charge in [-0.3, -0.25) is 4.79 Å². The number of rotatable bonds is 7. The molecule has 248 valence electrons. The van der Waals surface area contributed by atoms with Crippen LogP contribution in [0.25, 0.3) is 11.3 Å². The van der Waals surface area contributed by atoms with Crippen molar-refractivity contribution in [2.45, 2.75) is 97.2 Å². The summed E-state index contributed by atoms with van der Waals surface area (Å²) < 4.78 is 36.2. The number of anilines is 1. The lowest BCUT2D eigenvalue weighted by Gasteiger charge is -2.49. The van der Waals surface area contributed by atoms with Gasteiger partial charge in [-0.2, -0.15) is 4.98 Å². The number of nitrogens with one attached hydrogen (secondary N) is 1. The van der Waals surface area contributed by atoms with Crippen LogP contribution in [-0.2, 0) is 10.0 Å². The molecule has 0 saturated heterocycles. The Hall–Kier alpha value is -3.50. The second-order valence-corrected chi connectivity index (χ2v) is 16.4. The van der Waals surface area contributed by atoms with Crippen molar-refractivity contribution >= 4 is 21.9 Å². The van der Waals surface area contributed by atoms with Crippen molar-refractivity contribution in [1.29, 1.82) is 0 Å². The van der Waals surface area contributed by atoms with Crippen LogP contribution in [0.2, 0.25) is 0 Å². The van der Waals surface area contributed by atoms with Crippen LogP contribution >= 0.6 is 0 Å². The normalized spacial score (nSPS) is 21.5. The number of fused-ring (bicyclic) bond motifs is 4. The third kappa shape index (κ3) is 7.72. The van der Waals surface area contributed by atoms with Crippen molar-refractivity contribution in [3.63, 3.8) is 0 Å². The maximum atomic E-state index is 14.4. The molecule has 0 radical (unpaired) electrons. The van der Waals surface area contributed by atoms with E-state index in [1.54, 1.807) is 18.2 Å². The summed E-state index contributed by atoms with van der Waals surface area (Å²) >= 11 is 0. The van der Waals surface area contributed by atoms with E-state index >= 15 is 0 Å². The lowest BCUT2D eigenvalue weighted by atomic mass is 9.82. The van der Waals surface area contributed by atoms with Gasteiger partial charge >= 0.3 is 0 Å². The molecule has 3 aromatic rings. The zero-order valence-electron chi connectivity index (χ0n) is 28.5. The molecule has 1 atom stereocenters. The smallest absolute Gasteiger partial charge is 0.264 e. The standard InChI is InChI=1S/C36H49N5O4S/c1-23(2)17-29-22-45-32-21-31(33-24(3)11-9-12-25(33)4)37-35(38-32)39-46(43,44)30-14-10-13-26(18-30)34(42)41(29)28-19-27(20-28)40(8)16-15-36(5,6)7/h9-14,18,21,23,27-29H,15-17,19-20,22H2,1-8H3,(H,37,38,39)/t27?,28?,29-/m1/s1. The molecule has 0 spiro atoms. The molecular formula is C36H49N5O4S. The fourth-order valence-corrected chi connectivity index (χ4v) is 7.46. The Labute approximate surface area is 274 Å². The zero-order chi connectivity index (χ0) is 33.4. The van der Waals surface area contributed by atoms with Gasteiger partial charge in [-0.05, 0) is 93.8 Å². The number of aryl methyl sites for hydroxylation is 2. The highest BCUT2D eigenvalue weighted by atomic mass is 32.2. The number of carbonyl (C=O) groups excluding carboxylic acids is 1. The van der Waals surface area contributed by atoms with E-state index in [1.807, 2.05) is 36.9 Å². The van der Waals surface area contributed by atoms with E-state index in [-0.39, 0.29) is 46.7 Å². The van der Waals surface area contributed by atoms with Crippen molar-refractivity contribution < 1.29 is 17.9 Å². The summed E-state index contributed by atoms with van der Waals surface area (Å²) in [5, 5.41) is 0. The Morgan fingerprint density at radius 1 is 1.04 bits per heavy atom. The molecule has 1 amide bonds. The number of benzene rings is 2.